The van der Waals surface area contributed by atoms with Gasteiger partial charge in [-0.2, -0.15) is 5.10 Å². The zero-order chi connectivity index (χ0) is 17.9. The van der Waals surface area contributed by atoms with Crippen LogP contribution >= 0.6 is 11.6 Å². The van der Waals surface area contributed by atoms with Gasteiger partial charge in [0, 0.05) is 11.6 Å². The summed E-state index contributed by atoms with van der Waals surface area (Å²) in [5, 5.41) is 7.93. The molecule has 0 radical (unpaired) electrons. The van der Waals surface area contributed by atoms with Crippen LogP contribution in [-0.4, -0.2) is 44.9 Å². The minimum absolute atomic E-state index is 0.110. The number of rotatable bonds is 6. The second-order valence-corrected chi connectivity index (χ2v) is 8.20. The van der Waals surface area contributed by atoms with Gasteiger partial charge in [0.05, 0.1) is 19.5 Å². The molecule has 2 heterocycles. The highest BCUT2D eigenvalue weighted by Gasteiger charge is 2.21. The molecule has 2 aromatic rings. The molecule has 3 rings (SSSR count). The number of aromatic nitrogens is 2. The first-order valence-electron chi connectivity index (χ1n) is 8.08. The summed E-state index contributed by atoms with van der Waals surface area (Å²) in [6.07, 6.45) is 4.87. The molecular weight excluding hydrogens is 364 g/mol. The SMILES string of the molecule is COc1ccc(Cl)cc1-n1cc(S(=O)(=O)NC[C@@H]2CCCNC2)cn1. The molecule has 1 aromatic heterocycles. The van der Waals surface area contributed by atoms with Gasteiger partial charge in [-0.1, -0.05) is 11.6 Å². The number of halogens is 1. The van der Waals surface area contributed by atoms with Crippen molar-refractivity contribution in [1.82, 2.24) is 19.8 Å². The Morgan fingerprint density at radius 2 is 2.32 bits per heavy atom. The van der Waals surface area contributed by atoms with E-state index >= 15 is 0 Å². The quantitative estimate of drug-likeness (QED) is 0.793. The van der Waals surface area contributed by atoms with E-state index in [-0.39, 0.29) is 4.90 Å². The molecule has 1 atom stereocenters. The molecular formula is C16H21ClN4O3S. The predicted octanol–water partition coefficient (Wildman–Crippen LogP) is 1.81. The van der Waals surface area contributed by atoms with E-state index in [9.17, 15) is 8.42 Å². The van der Waals surface area contributed by atoms with E-state index in [2.05, 4.69) is 15.1 Å². The average Bonchev–Trinajstić information content (AvgIpc) is 3.12. The zero-order valence-corrected chi connectivity index (χ0v) is 15.5. The van der Waals surface area contributed by atoms with E-state index in [1.54, 1.807) is 18.2 Å². The number of sulfonamides is 1. The molecule has 1 aromatic carbocycles. The van der Waals surface area contributed by atoms with Crippen LogP contribution < -0.4 is 14.8 Å². The third-order valence-corrected chi connectivity index (χ3v) is 5.83. The van der Waals surface area contributed by atoms with Gasteiger partial charge in [-0.05, 0) is 50.0 Å². The van der Waals surface area contributed by atoms with Crippen LogP contribution in [-0.2, 0) is 10.0 Å². The summed E-state index contributed by atoms with van der Waals surface area (Å²) in [5.41, 5.74) is 0.577. The van der Waals surface area contributed by atoms with Crippen molar-refractivity contribution in [3.63, 3.8) is 0 Å². The number of hydrogen-bond donors (Lipinski definition) is 2. The molecule has 0 spiro atoms. The number of benzene rings is 1. The molecule has 1 aliphatic heterocycles. The Labute approximate surface area is 152 Å². The fraction of sp³-hybridized carbons (Fsp3) is 0.438. The van der Waals surface area contributed by atoms with Crippen molar-refractivity contribution in [2.24, 2.45) is 5.92 Å². The Bertz CT molecular complexity index is 832. The molecule has 136 valence electrons. The highest BCUT2D eigenvalue weighted by molar-refractivity contribution is 7.89. The van der Waals surface area contributed by atoms with Crippen molar-refractivity contribution < 1.29 is 13.2 Å². The average molecular weight is 385 g/mol. The normalized spacial score (nSPS) is 18.2. The maximum Gasteiger partial charge on any atom is 0.243 e. The molecule has 25 heavy (non-hydrogen) atoms. The van der Waals surface area contributed by atoms with Crippen molar-refractivity contribution in [1.29, 1.82) is 0 Å². The van der Waals surface area contributed by atoms with Crippen LogP contribution in [0.1, 0.15) is 12.8 Å². The van der Waals surface area contributed by atoms with Gasteiger partial charge in [-0.15, -0.1) is 0 Å². The topological polar surface area (TPSA) is 85.2 Å². The highest BCUT2D eigenvalue weighted by atomic mass is 35.5. The summed E-state index contributed by atoms with van der Waals surface area (Å²) in [6, 6.07) is 5.08. The van der Waals surface area contributed by atoms with Crippen molar-refractivity contribution >= 4 is 21.6 Å². The monoisotopic (exact) mass is 384 g/mol. The van der Waals surface area contributed by atoms with Crippen LogP contribution in [0.15, 0.2) is 35.5 Å². The van der Waals surface area contributed by atoms with E-state index in [4.69, 9.17) is 16.3 Å². The van der Waals surface area contributed by atoms with Crippen molar-refractivity contribution in [2.45, 2.75) is 17.7 Å². The van der Waals surface area contributed by atoms with Crippen molar-refractivity contribution in [3.8, 4) is 11.4 Å². The Morgan fingerprint density at radius 3 is 3.04 bits per heavy atom. The Balaban J connectivity index is 1.77. The van der Waals surface area contributed by atoms with E-state index < -0.39 is 10.0 Å². The summed E-state index contributed by atoms with van der Waals surface area (Å²) in [4.78, 5) is 0.110. The highest BCUT2D eigenvalue weighted by Crippen LogP contribution is 2.26. The summed E-state index contributed by atoms with van der Waals surface area (Å²) in [5.74, 6) is 0.865. The maximum absolute atomic E-state index is 12.5. The van der Waals surface area contributed by atoms with Gasteiger partial charge < -0.3 is 10.1 Å². The van der Waals surface area contributed by atoms with Crippen LogP contribution in [0.5, 0.6) is 5.75 Å². The van der Waals surface area contributed by atoms with Crippen molar-refractivity contribution in [2.75, 3.05) is 26.7 Å². The van der Waals surface area contributed by atoms with Crippen LogP contribution in [0.3, 0.4) is 0 Å². The van der Waals surface area contributed by atoms with Crippen LogP contribution in [0, 0.1) is 5.92 Å². The Kier molecular flexibility index (Phi) is 5.63. The number of hydrogen-bond acceptors (Lipinski definition) is 5. The Morgan fingerprint density at radius 1 is 1.48 bits per heavy atom. The van der Waals surface area contributed by atoms with Gasteiger partial charge in [0.1, 0.15) is 16.3 Å². The molecule has 0 bridgehead atoms. The van der Waals surface area contributed by atoms with Crippen LogP contribution in [0.4, 0.5) is 0 Å². The second kappa shape index (κ2) is 7.74. The van der Waals surface area contributed by atoms with Crippen LogP contribution in [0.2, 0.25) is 5.02 Å². The Hall–Kier alpha value is -1.61. The summed E-state index contributed by atoms with van der Waals surface area (Å²) >= 11 is 6.02. The molecule has 0 unspecified atom stereocenters. The minimum atomic E-state index is -3.61. The van der Waals surface area contributed by atoms with E-state index in [0.717, 1.165) is 25.9 Å². The molecule has 1 saturated heterocycles. The fourth-order valence-electron chi connectivity index (χ4n) is 2.83. The van der Waals surface area contributed by atoms with Gasteiger partial charge in [0.25, 0.3) is 0 Å². The third-order valence-electron chi connectivity index (χ3n) is 4.22. The smallest absolute Gasteiger partial charge is 0.243 e. The predicted molar refractivity (Wildman–Crippen MR) is 95.9 cm³/mol. The fourth-order valence-corrected chi connectivity index (χ4v) is 4.04. The van der Waals surface area contributed by atoms with Crippen molar-refractivity contribution in [3.05, 3.63) is 35.6 Å². The number of nitrogens with zero attached hydrogens (tertiary/aromatic N) is 2. The third kappa shape index (κ3) is 4.33. The lowest BCUT2D eigenvalue weighted by Gasteiger charge is -2.22. The molecule has 7 nitrogen and oxygen atoms in total. The van der Waals surface area contributed by atoms with Gasteiger partial charge in [-0.25, -0.2) is 17.8 Å². The van der Waals surface area contributed by atoms with Crippen LogP contribution in [0.25, 0.3) is 5.69 Å². The molecule has 1 fully saturated rings. The van der Waals surface area contributed by atoms with Gasteiger partial charge in [-0.3, -0.25) is 0 Å². The molecule has 0 aliphatic carbocycles. The molecule has 0 amide bonds. The number of nitrogens with one attached hydrogen (secondary N) is 2. The summed E-state index contributed by atoms with van der Waals surface area (Å²) in [6.45, 7) is 2.25. The number of methoxy groups -OCH3 is 1. The molecule has 1 aliphatic rings. The van der Waals surface area contributed by atoms with E-state index in [0.29, 0.717) is 28.9 Å². The van der Waals surface area contributed by atoms with E-state index in [1.807, 2.05) is 0 Å². The second-order valence-electron chi connectivity index (χ2n) is 6.00. The zero-order valence-electron chi connectivity index (χ0n) is 13.9. The standard InChI is InChI=1S/C16H21ClN4O3S/c1-24-16-5-4-13(17)7-15(16)21-11-14(10-19-21)25(22,23)20-9-12-3-2-6-18-8-12/h4-5,7,10-12,18,20H,2-3,6,8-9H2,1H3/t12-/m1/s1. The molecule has 9 heteroatoms. The lowest BCUT2D eigenvalue weighted by Crippen LogP contribution is -2.38. The lowest BCUT2D eigenvalue weighted by atomic mass is 10.0. The molecule has 2 N–H and O–H groups in total. The number of ether oxygens (including phenoxy) is 1. The van der Waals surface area contributed by atoms with Gasteiger partial charge >= 0.3 is 0 Å². The maximum atomic E-state index is 12.5. The largest absolute Gasteiger partial charge is 0.494 e. The summed E-state index contributed by atoms with van der Waals surface area (Å²) in [7, 11) is -2.08. The lowest BCUT2D eigenvalue weighted by molar-refractivity contribution is 0.376. The summed E-state index contributed by atoms with van der Waals surface area (Å²) < 4.78 is 34.4. The first kappa shape index (κ1) is 18.2. The minimum Gasteiger partial charge on any atom is -0.494 e. The number of piperidine rings is 1. The first-order chi connectivity index (χ1) is 12.0. The first-order valence-corrected chi connectivity index (χ1v) is 9.94. The van der Waals surface area contributed by atoms with Gasteiger partial charge in [0.15, 0.2) is 0 Å². The molecule has 0 saturated carbocycles. The van der Waals surface area contributed by atoms with Gasteiger partial charge in [0.2, 0.25) is 10.0 Å². The van der Waals surface area contributed by atoms with E-state index in [1.165, 1.54) is 24.2 Å².